The first-order valence-electron chi connectivity index (χ1n) is 7.94. The number of halogens is 1. The smallest absolute Gasteiger partial charge is 0.338 e. The van der Waals surface area contributed by atoms with Crippen molar-refractivity contribution in [2.75, 3.05) is 6.61 Å². The minimum atomic E-state index is -0.566. The zero-order valence-electron chi connectivity index (χ0n) is 13.7. The highest BCUT2D eigenvalue weighted by molar-refractivity contribution is 7.10. The van der Waals surface area contributed by atoms with Crippen molar-refractivity contribution in [2.24, 2.45) is 0 Å². The molecule has 26 heavy (non-hydrogen) atoms. The van der Waals surface area contributed by atoms with Gasteiger partial charge in [0.25, 0.3) is 5.91 Å². The van der Waals surface area contributed by atoms with E-state index in [1.165, 1.54) is 0 Å². The van der Waals surface area contributed by atoms with Gasteiger partial charge in [-0.25, -0.2) is 4.79 Å². The van der Waals surface area contributed by atoms with E-state index in [0.29, 0.717) is 10.6 Å². The molecule has 0 fully saturated rings. The summed E-state index contributed by atoms with van der Waals surface area (Å²) in [5, 5.41) is 5.41. The molecule has 132 valence electrons. The summed E-state index contributed by atoms with van der Waals surface area (Å²) in [4.78, 5) is 25.3. The number of carbonyl (C=O) groups is 2. The molecule has 1 heterocycles. The van der Waals surface area contributed by atoms with E-state index in [1.54, 1.807) is 35.6 Å². The van der Waals surface area contributed by atoms with E-state index in [2.05, 4.69) is 5.32 Å². The number of ether oxygens (including phenoxy) is 1. The molecule has 0 saturated carbocycles. The molecule has 4 nitrogen and oxygen atoms in total. The Morgan fingerprint density at radius 3 is 2.38 bits per heavy atom. The largest absolute Gasteiger partial charge is 0.452 e. The van der Waals surface area contributed by atoms with Gasteiger partial charge in [-0.1, -0.05) is 48.0 Å². The second kappa shape index (κ2) is 8.65. The van der Waals surface area contributed by atoms with E-state index in [0.717, 1.165) is 10.4 Å². The number of esters is 1. The fraction of sp³-hybridized carbons (Fsp3) is 0.100. The van der Waals surface area contributed by atoms with Gasteiger partial charge in [-0.15, -0.1) is 11.3 Å². The van der Waals surface area contributed by atoms with Crippen LogP contribution < -0.4 is 5.32 Å². The molecule has 0 saturated heterocycles. The van der Waals surface area contributed by atoms with Crippen LogP contribution >= 0.6 is 22.9 Å². The van der Waals surface area contributed by atoms with Crippen molar-refractivity contribution in [2.45, 2.75) is 6.04 Å². The topological polar surface area (TPSA) is 55.4 Å². The summed E-state index contributed by atoms with van der Waals surface area (Å²) in [7, 11) is 0. The Kier molecular flexibility index (Phi) is 6.04. The van der Waals surface area contributed by atoms with Gasteiger partial charge in [-0.3, -0.25) is 4.79 Å². The van der Waals surface area contributed by atoms with E-state index >= 15 is 0 Å². The molecular weight excluding hydrogens is 370 g/mol. The first kappa shape index (κ1) is 18.2. The number of carbonyl (C=O) groups excluding carboxylic acids is 2. The molecule has 6 heteroatoms. The van der Waals surface area contributed by atoms with Gasteiger partial charge in [0.2, 0.25) is 0 Å². The highest BCUT2D eigenvalue weighted by atomic mass is 35.5. The van der Waals surface area contributed by atoms with Gasteiger partial charge in [-0.05, 0) is 41.3 Å². The Hall–Kier alpha value is -2.63. The fourth-order valence-corrected chi connectivity index (χ4v) is 3.35. The lowest BCUT2D eigenvalue weighted by Gasteiger charge is -2.18. The number of rotatable bonds is 6. The zero-order valence-corrected chi connectivity index (χ0v) is 15.3. The average Bonchev–Trinajstić information content (AvgIpc) is 3.20. The van der Waals surface area contributed by atoms with Crippen molar-refractivity contribution in [3.05, 3.63) is 93.1 Å². The van der Waals surface area contributed by atoms with Crippen LogP contribution in [-0.4, -0.2) is 18.5 Å². The standard InChI is InChI=1S/C20H16ClNO3S/c21-16-10-8-15(9-11-16)20(24)25-13-18(23)22-19(17-7-4-12-26-17)14-5-2-1-3-6-14/h1-12,19H,13H2,(H,22,23)/t19-/m0/s1. The van der Waals surface area contributed by atoms with Crippen LogP contribution in [0, 0.1) is 0 Å². The summed E-state index contributed by atoms with van der Waals surface area (Å²) in [6.07, 6.45) is 0. The molecule has 3 rings (SSSR count). The summed E-state index contributed by atoms with van der Waals surface area (Å²) in [5.74, 6) is -0.932. The van der Waals surface area contributed by atoms with Crippen LogP contribution in [-0.2, 0) is 9.53 Å². The number of nitrogens with one attached hydrogen (secondary N) is 1. The van der Waals surface area contributed by atoms with Crippen molar-refractivity contribution >= 4 is 34.8 Å². The average molecular weight is 386 g/mol. The summed E-state index contributed by atoms with van der Waals surface area (Å²) < 4.78 is 5.09. The Balaban J connectivity index is 1.63. The fourth-order valence-electron chi connectivity index (χ4n) is 2.42. The normalized spacial score (nSPS) is 11.6. The predicted octanol–water partition coefficient (Wildman–Crippen LogP) is 4.46. The van der Waals surface area contributed by atoms with Crippen molar-refractivity contribution in [1.29, 1.82) is 0 Å². The lowest BCUT2D eigenvalue weighted by Crippen LogP contribution is -2.32. The Morgan fingerprint density at radius 2 is 1.73 bits per heavy atom. The maximum Gasteiger partial charge on any atom is 0.338 e. The van der Waals surface area contributed by atoms with Gasteiger partial charge in [0, 0.05) is 9.90 Å². The zero-order chi connectivity index (χ0) is 18.4. The molecule has 0 bridgehead atoms. The maximum atomic E-state index is 12.3. The van der Waals surface area contributed by atoms with E-state index in [1.807, 2.05) is 47.8 Å². The third-order valence-corrected chi connectivity index (χ3v) is 4.87. The first-order valence-corrected chi connectivity index (χ1v) is 9.19. The second-order valence-electron chi connectivity index (χ2n) is 5.51. The molecule has 1 N–H and O–H groups in total. The van der Waals surface area contributed by atoms with Crippen molar-refractivity contribution < 1.29 is 14.3 Å². The summed E-state index contributed by atoms with van der Waals surface area (Å²) in [6, 6.07) is 19.6. The van der Waals surface area contributed by atoms with Crippen molar-refractivity contribution in [1.82, 2.24) is 5.32 Å². The Bertz CT molecular complexity index is 864. The molecule has 1 amide bonds. The van der Waals surface area contributed by atoms with Gasteiger partial charge in [-0.2, -0.15) is 0 Å². The molecule has 2 aromatic carbocycles. The van der Waals surface area contributed by atoms with E-state index in [-0.39, 0.29) is 18.6 Å². The summed E-state index contributed by atoms with van der Waals surface area (Å²) in [6.45, 7) is -0.351. The lowest BCUT2D eigenvalue weighted by atomic mass is 10.1. The third kappa shape index (κ3) is 4.71. The number of thiophene rings is 1. The number of amides is 1. The van der Waals surface area contributed by atoms with Gasteiger partial charge in [0.15, 0.2) is 6.61 Å². The molecule has 0 aliphatic carbocycles. The van der Waals surface area contributed by atoms with Crippen LogP contribution in [0.1, 0.15) is 26.8 Å². The van der Waals surface area contributed by atoms with Crippen LogP contribution in [0.25, 0.3) is 0 Å². The maximum absolute atomic E-state index is 12.3. The Morgan fingerprint density at radius 1 is 1.00 bits per heavy atom. The van der Waals surface area contributed by atoms with Gasteiger partial charge in [0.1, 0.15) is 0 Å². The molecule has 0 aliphatic heterocycles. The third-order valence-electron chi connectivity index (χ3n) is 3.68. The van der Waals surface area contributed by atoms with E-state index < -0.39 is 5.97 Å². The molecule has 0 spiro atoms. The van der Waals surface area contributed by atoms with Crippen LogP contribution in [0.3, 0.4) is 0 Å². The minimum Gasteiger partial charge on any atom is -0.452 e. The number of benzene rings is 2. The van der Waals surface area contributed by atoms with E-state index in [9.17, 15) is 9.59 Å². The molecule has 1 atom stereocenters. The monoisotopic (exact) mass is 385 g/mol. The SMILES string of the molecule is O=C(COC(=O)c1ccc(Cl)cc1)N[C@@H](c1ccccc1)c1cccs1. The predicted molar refractivity (Wildman–Crippen MR) is 102 cm³/mol. The highest BCUT2D eigenvalue weighted by Crippen LogP contribution is 2.25. The molecule has 0 aliphatic rings. The molecule has 0 unspecified atom stereocenters. The summed E-state index contributed by atoms with van der Waals surface area (Å²) >= 11 is 7.35. The van der Waals surface area contributed by atoms with Crippen LogP contribution in [0.4, 0.5) is 0 Å². The first-order chi connectivity index (χ1) is 12.6. The van der Waals surface area contributed by atoms with E-state index in [4.69, 9.17) is 16.3 Å². The molecule has 1 aromatic heterocycles. The van der Waals surface area contributed by atoms with Crippen LogP contribution in [0.2, 0.25) is 5.02 Å². The van der Waals surface area contributed by atoms with Gasteiger partial charge >= 0.3 is 5.97 Å². The van der Waals surface area contributed by atoms with Crippen LogP contribution in [0.5, 0.6) is 0 Å². The second-order valence-corrected chi connectivity index (χ2v) is 6.93. The molecular formula is C20H16ClNO3S. The molecule has 3 aromatic rings. The number of hydrogen-bond donors (Lipinski definition) is 1. The minimum absolute atomic E-state index is 0.280. The van der Waals surface area contributed by atoms with Crippen LogP contribution in [0.15, 0.2) is 72.1 Å². The Labute approximate surface area is 160 Å². The van der Waals surface area contributed by atoms with Gasteiger partial charge in [0.05, 0.1) is 11.6 Å². The quantitative estimate of drug-likeness (QED) is 0.637. The van der Waals surface area contributed by atoms with Crippen molar-refractivity contribution in [3.8, 4) is 0 Å². The van der Waals surface area contributed by atoms with Crippen molar-refractivity contribution in [3.63, 3.8) is 0 Å². The highest BCUT2D eigenvalue weighted by Gasteiger charge is 2.19. The molecule has 0 radical (unpaired) electrons. The van der Waals surface area contributed by atoms with Gasteiger partial charge < -0.3 is 10.1 Å². The summed E-state index contributed by atoms with van der Waals surface area (Å²) in [5.41, 5.74) is 1.31. The lowest BCUT2D eigenvalue weighted by molar-refractivity contribution is -0.124. The number of hydrogen-bond acceptors (Lipinski definition) is 4.